The van der Waals surface area contributed by atoms with Crippen molar-refractivity contribution in [1.29, 1.82) is 0 Å². The highest BCUT2D eigenvalue weighted by molar-refractivity contribution is 6.43. The quantitative estimate of drug-likeness (QED) is 0.402. The van der Waals surface area contributed by atoms with Gasteiger partial charge in [0, 0.05) is 19.3 Å². The molecule has 7 nitrogen and oxygen atoms in total. The fraction of sp³-hybridized carbons (Fsp3) is 0.273. The van der Waals surface area contributed by atoms with E-state index >= 15 is 0 Å². The molecule has 0 saturated carbocycles. The maximum absolute atomic E-state index is 14.1. The predicted octanol–water partition coefficient (Wildman–Crippen LogP) is 5.51. The minimum absolute atomic E-state index is 0.0233. The Labute approximate surface area is 202 Å². The molecule has 3 aromatic rings. The van der Waals surface area contributed by atoms with Gasteiger partial charge in [-0.3, -0.25) is 4.79 Å². The Bertz CT molecular complexity index is 1260. The van der Waals surface area contributed by atoms with Crippen molar-refractivity contribution in [1.82, 2.24) is 14.5 Å². The number of benzene rings is 1. The smallest absolute Gasteiger partial charge is 0.396 e. The standard InChI is InChI=1S/C22H18Cl2F3N3O4/c1-11(18(22(25,26)27)12-4-7-17(31)30(2)10-12)13-5-6-15(20(24)19(13)23)34-16-9-28-14(8-29-16)21(32)33-3/h4-11,18H,1-3H3. The van der Waals surface area contributed by atoms with Crippen LogP contribution in [0.1, 0.15) is 40.4 Å². The number of aromatic nitrogens is 3. The number of esters is 1. The van der Waals surface area contributed by atoms with Gasteiger partial charge in [-0.05, 0) is 23.1 Å². The average Bonchev–Trinajstić information content (AvgIpc) is 2.78. The normalized spacial score (nSPS) is 13.3. The van der Waals surface area contributed by atoms with Gasteiger partial charge in [0.2, 0.25) is 11.4 Å². The van der Waals surface area contributed by atoms with Gasteiger partial charge in [0.15, 0.2) is 5.69 Å². The Morgan fingerprint density at radius 2 is 1.79 bits per heavy atom. The van der Waals surface area contributed by atoms with E-state index in [-0.39, 0.29) is 38.5 Å². The van der Waals surface area contributed by atoms with Crippen LogP contribution in [0.5, 0.6) is 11.6 Å². The lowest BCUT2D eigenvalue weighted by Gasteiger charge is -2.28. The van der Waals surface area contributed by atoms with Crippen LogP contribution in [-0.2, 0) is 11.8 Å². The number of carbonyl (C=O) groups is 1. The summed E-state index contributed by atoms with van der Waals surface area (Å²) in [5.74, 6) is -3.76. The first-order valence-electron chi connectivity index (χ1n) is 9.73. The van der Waals surface area contributed by atoms with Gasteiger partial charge in [0.1, 0.15) is 10.8 Å². The SMILES string of the molecule is COC(=O)c1cnc(Oc2ccc(C(C)C(c3ccc(=O)n(C)c3)C(F)(F)F)c(Cl)c2Cl)cn1. The molecule has 3 rings (SSSR count). The van der Waals surface area contributed by atoms with Crippen LogP contribution >= 0.6 is 23.2 Å². The Hall–Kier alpha value is -3.11. The summed E-state index contributed by atoms with van der Waals surface area (Å²) in [6, 6.07) is 4.98. The van der Waals surface area contributed by atoms with Gasteiger partial charge < -0.3 is 14.0 Å². The fourth-order valence-corrected chi connectivity index (χ4v) is 3.95. The Balaban J connectivity index is 1.93. The number of methoxy groups -OCH3 is 1. The maximum atomic E-state index is 14.1. The molecule has 0 bridgehead atoms. The zero-order chi connectivity index (χ0) is 25.2. The number of halogens is 5. The van der Waals surface area contributed by atoms with E-state index in [0.717, 1.165) is 35.3 Å². The molecule has 1 aromatic carbocycles. The number of alkyl halides is 3. The van der Waals surface area contributed by atoms with Gasteiger partial charge in [0.25, 0.3) is 0 Å². The number of hydrogen-bond acceptors (Lipinski definition) is 6. The van der Waals surface area contributed by atoms with Crippen LogP contribution in [0.25, 0.3) is 0 Å². The lowest BCUT2D eigenvalue weighted by molar-refractivity contribution is -0.154. The van der Waals surface area contributed by atoms with Crippen LogP contribution in [0.3, 0.4) is 0 Å². The lowest BCUT2D eigenvalue weighted by Crippen LogP contribution is -2.28. The molecule has 180 valence electrons. The number of carbonyl (C=O) groups excluding carboxylic acids is 1. The summed E-state index contributed by atoms with van der Waals surface area (Å²) >= 11 is 12.7. The van der Waals surface area contributed by atoms with E-state index in [4.69, 9.17) is 27.9 Å². The minimum Gasteiger partial charge on any atom is -0.464 e. The monoisotopic (exact) mass is 515 g/mol. The third-order valence-electron chi connectivity index (χ3n) is 5.12. The van der Waals surface area contributed by atoms with E-state index in [2.05, 4.69) is 14.7 Å². The highest BCUT2D eigenvalue weighted by atomic mass is 35.5. The van der Waals surface area contributed by atoms with Gasteiger partial charge in [-0.15, -0.1) is 0 Å². The first-order chi connectivity index (χ1) is 15.9. The largest absolute Gasteiger partial charge is 0.464 e. The highest BCUT2D eigenvalue weighted by Gasteiger charge is 2.45. The number of pyridine rings is 1. The number of nitrogens with zero attached hydrogens (tertiary/aromatic N) is 3. The van der Waals surface area contributed by atoms with Crippen LogP contribution < -0.4 is 10.3 Å². The van der Waals surface area contributed by atoms with Crippen LogP contribution in [0, 0.1) is 0 Å². The molecule has 0 aliphatic carbocycles. The molecule has 12 heteroatoms. The van der Waals surface area contributed by atoms with Crippen molar-refractivity contribution < 1.29 is 27.4 Å². The van der Waals surface area contributed by atoms with Gasteiger partial charge in [-0.1, -0.05) is 42.3 Å². The summed E-state index contributed by atoms with van der Waals surface area (Å²) in [6.07, 6.45) is -1.18. The topological polar surface area (TPSA) is 83.3 Å². The third kappa shape index (κ3) is 5.34. The number of aryl methyl sites for hydroxylation is 1. The van der Waals surface area contributed by atoms with Crippen molar-refractivity contribution >= 4 is 29.2 Å². The van der Waals surface area contributed by atoms with Crippen molar-refractivity contribution in [3.05, 3.63) is 80.1 Å². The summed E-state index contributed by atoms with van der Waals surface area (Å²) in [4.78, 5) is 30.9. The molecule has 0 spiro atoms. The molecule has 34 heavy (non-hydrogen) atoms. The van der Waals surface area contributed by atoms with Crippen LogP contribution in [0.4, 0.5) is 13.2 Å². The van der Waals surface area contributed by atoms with E-state index in [1.165, 1.54) is 33.2 Å². The molecule has 0 aliphatic rings. The van der Waals surface area contributed by atoms with Gasteiger partial charge in [-0.25, -0.2) is 14.8 Å². The van der Waals surface area contributed by atoms with Crippen LogP contribution in [0.2, 0.25) is 10.0 Å². The molecule has 0 aliphatic heterocycles. The number of hydrogen-bond donors (Lipinski definition) is 0. The lowest BCUT2D eigenvalue weighted by atomic mass is 9.82. The molecule has 0 fully saturated rings. The van der Waals surface area contributed by atoms with E-state index < -0.39 is 29.5 Å². The first-order valence-corrected chi connectivity index (χ1v) is 10.5. The van der Waals surface area contributed by atoms with Crippen molar-refractivity contribution in [2.75, 3.05) is 7.11 Å². The number of rotatable bonds is 6. The highest BCUT2D eigenvalue weighted by Crippen LogP contribution is 2.48. The van der Waals surface area contributed by atoms with Crippen molar-refractivity contribution in [2.45, 2.75) is 24.9 Å². The summed E-state index contributed by atoms with van der Waals surface area (Å²) in [5, 5.41) is -0.240. The average molecular weight is 516 g/mol. The Kier molecular flexibility index (Phi) is 7.52. The van der Waals surface area contributed by atoms with Crippen molar-refractivity contribution in [3.63, 3.8) is 0 Å². The van der Waals surface area contributed by atoms with Crippen LogP contribution in [0.15, 0.2) is 47.7 Å². The predicted molar refractivity (Wildman–Crippen MR) is 119 cm³/mol. The van der Waals surface area contributed by atoms with Crippen molar-refractivity contribution in [2.24, 2.45) is 7.05 Å². The molecule has 0 amide bonds. The summed E-state index contributed by atoms with van der Waals surface area (Å²) in [6.45, 7) is 1.37. The molecule has 2 unspecified atom stereocenters. The minimum atomic E-state index is -4.63. The molecule has 0 radical (unpaired) electrons. The molecule has 0 saturated heterocycles. The molecule has 0 N–H and O–H groups in total. The van der Waals surface area contributed by atoms with E-state index in [1.54, 1.807) is 0 Å². The maximum Gasteiger partial charge on any atom is 0.396 e. The summed E-state index contributed by atoms with van der Waals surface area (Å²) in [5.41, 5.74) is -0.416. The molecular formula is C22H18Cl2F3N3O4. The second-order valence-electron chi connectivity index (χ2n) is 7.33. The Morgan fingerprint density at radius 1 is 1.09 bits per heavy atom. The van der Waals surface area contributed by atoms with E-state index in [0.29, 0.717) is 0 Å². The van der Waals surface area contributed by atoms with Crippen molar-refractivity contribution in [3.8, 4) is 11.6 Å². The summed E-state index contributed by atoms with van der Waals surface area (Å²) in [7, 11) is 2.57. The second kappa shape index (κ2) is 10.0. The first kappa shape index (κ1) is 25.5. The zero-order valence-corrected chi connectivity index (χ0v) is 19.6. The molecule has 2 aromatic heterocycles. The third-order valence-corrected chi connectivity index (χ3v) is 6.00. The molecule has 2 heterocycles. The van der Waals surface area contributed by atoms with E-state index in [9.17, 15) is 22.8 Å². The van der Waals surface area contributed by atoms with Gasteiger partial charge in [-0.2, -0.15) is 13.2 Å². The molecule has 2 atom stereocenters. The second-order valence-corrected chi connectivity index (χ2v) is 8.09. The summed E-state index contributed by atoms with van der Waals surface area (Å²) < 4.78 is 53.3. The van der Waals surface area contributed by atoms with E-state index in [1.807, 2.05) is 0 Å². The Morgan fingerprint density at radius 3 is 2.35 bits per heavy atom. The van der Waals surface area contributed by atoms with Gasteiger partial charge >= 0.3 is 12.1 Å². The fourth-order valence-electron chi connectivity index (χ4n) is 3.41. The zero-order valence-electron chi connectivity index (χ0n) is 18.1. The molecular weight excluding hydrogens is 498 g/mol. The number of ether oxygens (including phenoxy) is 2. The van der Waals surface area contributed by atoms with Gasteiger partial charge in [0.05, 0.1) is 30.4 Å². The van der Waals surface area contributed by atoms with Crippen LogP contribution in [-0.4, -0.2) is 33.8 Å².